The van der Waals surface area contributed by atoms with Crippen molar-refractivity contribution < 1.29 is 14.3 Å². The molecule has 98 valence electrons. The second-order valence-corrected chi connectivity index (χ2v) is 4.51. The molecule has 2 rings (SSSR count). The average Bonchev–Trinajstić information content (AvgIpc) is 2.47. The lowest BCUT2D eigenvalue weighted by atomic mass is 10.3. The number of hydrogen-bond acceptors (Lipinski definition) is 5. The Kier molecular flexibility index (Phi) is 4.41. The molecule has 1 aromatic carbocycles. The van der Waals surface area contributed by atoms with Gasteiger partial charge in [-0.25, -0.2) is 9.78 Å². The molecule has 0 aliphatic rings. The minimum Gasteiger partial charge on any atom is -0.465 e. The number of rotatable bonds is 4. The van der Waals surface area contributed by atoms with Crippen molar-refractivity contribution in [2.45, 2.75) is 4.90 Å². The molecule has 4 nitrogen and oxygen atoms in total. The number of nitrogens with zero attached hydrogens (tertiary/aromatic N) is 1. The van der Waals surface area contributed by atoms with Crippen molar-refractivity contribution in [3.8, 4) is 11.6 Å². The Hall–Kier alpha value is -2.01. The van der Waals surface area contributed by atoms with Crippen molar-refractivity contribution in [2.75, 3.05) is 13.4 Å². The number of thioether (sulfide) groups is 1. The van der Waals surface area contributed by atoms with Gasteiger partial charge in [0.15, 0.2) is 0 Å². The van der Waals surface area contributed by atoms with E-state index in [9.17, 15) is 4.79 Å². The zero-order chi connectivity index (χ0) is 13.7. The molecule has 5 heteroatoms. The number of carbonyl (C=O) groups is 1. The van der Waals surface area contributed by atoms with Gasteiger partial charge in [-0.1, -0.05) is 6.07 Å². The minimum atomic E-state index is -0.468. The molecule has 0 saturated heterocycles. The topological polar surface area (TPSA) is 48.4 Å². The van der Waals surface area contributed by atoms with E-state index in [-0.39, 0.29) is 5.88 Å². The Labute approximate surface area is 115 Å². The Morgan fingerprint density at radius 1 is 1.26 bits per heavy atom. The molecule has 0 N–H and O–H groups in total. The van der Waals surface area contributed by atoms with Gasteiger partial charge in [-0.3, -0.25) is 0 Å². The van der Waals surface area contributed by atoms with Crippen molar-refractivity contribution in [1.29, 1.82) is 0 Å². The van der Waals surface area contributed by atoms with Crippen LogP contribution in [0.5, 0.6) is 11.6 Å². The van der Waals surface area contributed by atoms with Gasteiger partial charge in [0.2, 0.25) is 5.88 Å². The highest BCUT2D eigenvalue weighted by Crippen LogP contribution is 2.26. The Morgan fingerprint density at radius 3 is 2.84 bits per heavy atom. The van der Waals surface area contributed by atoms with Crippen LogP contribution in [-0.2, 0) is 4.74 Å². The maximum Gasteiger partial charge on any atom is 0.343 e. The SMILES string of the molecule is COC(=O)c1cccnc1Oc1cccc(SC)c1. The van der Waals surface area contributed by atoms with E-state index in [4.69, 9.17) is 9.47 Å². The van der Waals surface area contributed by atoms with E-state index in [2.05, 4.69) is 4.98 Å². The second-order valence-electron chi connectivity index (χ2n) is 3.63. The van der Waals surface area contributed by atoms with Crippen molar-refractivity contribution >= 4 is 17.7 Å². The van der Waals surface area contributed by atoms with Gasteiger partial charge in [-0.2, -0.15) is 0 Å². The molecule has 0 amide bonds. The van der Waals surface area contributed by atoms with Gasteiger partial charge in [0.25, 0.3) is 0 Å². The summed E-state index contributed by atoms with van der Waals surface area (Å²) in [5.41, 5.74) is 0.305. The first-order valence-electron chi connectivity index (χ1n) is 5.60. The van der Waals surface area contributed by atoms with Crippen LogP contribution in [0.2, 0.25) is 0 Å². The van der Waals surface area contributed by atoms with E-state index < -0.39 is 5.97 Å². The fourth-order valence-electron chi connectivity index (χ4n) is 1.51. The second kappa shape index (κ2) is 6.24. The molecule has 1 aromatic heterocycles. The van der Waals surface area contributed by atoms with Crippen molar-refractivity contribution in [3.05, 3.63) is 48.2 Å². The predicted molar refractivity (Wildman–Crippen MR) is 73.9 cm³/mol. The largest absolute Gasteiger partial charge is 0.465 e. The van der Waals surface area contributed by atoms with Crippen molar-refractivity contribution in [3.63, 3.8) is 0 Å². The molecule has 0 bridgehead atoms. The molecule has 0 atom stereocenters. The molecular formula is C14H13NO3S. The van der Waals surface area contributed by atoms with E-state index in [0.29, 0.717) is 11.3 Å². The van der Waals surface area contributed by atoms with Crippen LogP contribution in [0.15, 0.2) is 47.5 Å². The summed E-state index contributed by atoms with van der Waals surface area (Å²) in [4.78, 5) is 16.7. The lowest BCUT2D eigenvalue weighted by molar-refractivity contribution is 0.0597. The van der Waals surface area contributed by atoms with Crippen LogP contribution in [-0.4, -0.2) is 24.3 Å². The summed E-state index contributed by atoms with van der Waals surface area (Å²) in [6.07, 6.45) is 3.56. The van der Waals surface area contributed by atoms with Gasteiger partial charge in [0.1, 0.15) is 11.3 Å². The molecular weight excluding hydrogens is 262 g/mol. The first kappa shape index (κ1) is 13.4. The van der Waals surface area contributed by atoms with Crippen LogP contribution in [0.4, 0.5) is 0 Å². The zero-order valence-corrected chi connectivity index (χ0v) is 11.4. The van der Waals surface area contributed by atoms with E-state index in [1.165, 1.54) is 7.11 Å². The van der Waals surface area contributed by atoms with Gasteiger partial charge < -0.3 is 9.47 Å². The Balaban J connectivity index is 2.30. The molecule has 0 aliphatic carbocycles. The summed E-state index contributed by atoms with van der Waals surface area (Å²) in [5.74, 6) is 0.410. The van der Waals surface area contributed by atoms with Crippen LogP contribution in [0.25, 0.3) is 0 Å². The Morgan fingerprint density at radius 2 is 2.11 bits per heavy atom. The summed E-state index contributed by atoms with van der Waals surface area (Å²) in [6, 6.07) is 10.9. The normalized spacial score (nSPS) is 10.0. The quantitative estimate of drug-likeness (QED) is 0.632. The number of hydrogen-bond donors (Lipinski definition) is 0. The minimum absolute atomic E-state index is 0.243. The molecule has 0 unspecified atom stereocenters. The van der Waals surface area contributed by atoms with Crippen LogP contribution in [0.1, 0.15) is 10.4 Å². The average molecular weight is 275 g/mol. The molecule has 0 fully saturated rings. The van der Waals surface area contributed by atoms with Crippen LogP contribution >= 0.6 is 11.8 Å². The number of methoxy groups -OCH3 is 1. The molecule has 0 radical (unpaired) electrons. The smallest absolute Gasteiger partial charge is 0.343 e. The molecule has 0 spiro atoms. The van der Waals surface area contributed by atoms with Crippen LogP contribution in [0.3, 0.4) is 0 Å². The third-order valence-electron chi connectivity index (χ3n) is 2.43. The van der Waals surface area contributed by atoms with Crippen LogP contribution < -0.4 is 4.74 Å². The third-order valence-corrected chi connectivity index (χ3v) is 3.16. The van der Waals surface area contributed by atoms with Crippen molar-refractivity contribution in [2.24, 2.45) is 0 Å². The first-order chi connectivity index (χ1) is 9.24. The lowest BCUT2D eigenvalue weighted by Gasteiger charge is -2.09. The van der Waals surface area contributed by atoms with Gasteiger partial charge in [-0.05, 0) is 36.6 Å². The summed E-state index contributed by atoms with van der Waals surface area (Å²) >= 11 is 1.62. The first-order valence-corrected chi connectivity index (χ1v) is 6.82. The number of aromatic nitrogens is 1. The fourth-order valence-corrected chi connectivity index (χ4v) is 1.96. The van der Waals surface area contributed by atoms with E-state index in [1.807, 2.05) is 30.5 Å². The molecule has 0 aliphatic heterocycles. The molecule has 2 aromatic rings. The van der Waals surface area contributed by atoms with Crippen LogP contribution in [0, 0.1) is 0 Å². The van der Waals surface area contributed by atoms with Gasteiger partial charge in [0, 0.05) is 11.1 Å². The number of ether oxygens (including phenoxy) is 2. The predicted octanol–water partition coefficient (Wildman–Crippen LogP) is 3.38. The number of benzene rings is 1. The van der Waals surface area contributed by atoms with Gasteiger partial charge in [-0.15, -0.1) is 11.8 Å². The number of esters is 1. The molecule has 0 saturated carbocycles. The van der Waals surface area contributed by atoms with E-state index in [1.54, 1.807) is 30.1 Å². The maximum atomic E-state index is 11.6. The summed E-state index contributed by atoms with van der Waals surface area (Å²) < 4.78 is 10.3. The molecule has 19 heavy (non-hydrogen) atoms. The number of carbonyl (C=O) groups excluding carboxylic acids is 1. The van der Waals surface area contributed by atoms with Gasteiger partial charge >= 0.3 is 5.97 Å². The standard InChI is InChI=1S/C14H13NO3S/c1-17-14(16)12-7-4-8-15-13(12)18-10-5-3-6-11(9-10)19-2/h3-9H,1-2H3. The lowest BCUT2D eigenvalue weighted by Crippen LogP contribution is -2.04. The fraction of sp³-hybridized carbons (Fsp3) is 0.143. The van der Waals surface area contributed by atoms with Crippen molar-refractivity contribution in [1.82, 2.24) is 4.98 Å². The number of pyridine rings is 1. The highest BCUT2D eigenvalue weighted by Gasteiger charge is 2.14. The van der Waals surface area contributed by atoms with E-state index in [0.717, 1.165) is 4.90 Å². The van der Waals surface area contributed by atoms with E-state index >= 15 is 0 Å². The monoisotopic (exact) mass is 275 g/mol. The summed E-state index contributed by atoms with van der Waals surface area (Å²) in [5, 5.41) is 0. The summed E-state index contributed by atoms with van der Waals surface area (Å²) in [7, 11) is 1.33. The summed E-state index contributed by atoms with van der Waals surface area (Å²) in [6.45, 7) is 0. The highest BCUT2D eigenvalue weighted by atomic mass is 32.2. The Bertz CT molecular complexity index is 586. The highest BCUT2D eigenvalue weighted by molar-refractivity contribution is 7.98. The maximum absolute atomic E-state index is 11.6. The third kappa shape index (κ3) is 3.26. The van der Waals surface area contributed by atoms with Gasteiger partial charge in [0.05, 0.1) is 7.11 Å². The molecule has 1 heterocycles. The zero-order valence-electron chi connectivity index (χ0n) is 10.6.